The number of imide groups is 1. The molecular weight excluding hydrogens is 320 g/mol. The van der Waals surface area contributed by atoms with Gasteiger partial charge in [-0.05, 0) is 37.1 Å². The summed E-state index contributed by atoms with van der Waals surface area (Å²) in [6.07, 6.45) is 0.780. The molecule has 2 aliphatic heterocycles. The van der Waals surface area contributed by atoms with Gasteiger partial charge in [0.2, 0.25) is 21.8 Å². The molecule has 1 aromatic rings. The molecule has 1 aromatic carbocycles. The van der Waals surface area contributed by atoms with Crippen LogP contribution < -0.4 is 4.90 Å². The van der Waals surface area contributed by atoms with Crippen LogP contribution in [0.1, 0.15) is 25.7 Å². The van der Waals surface area contributed by atoms with Crippen LogP contribution in [-0.4, -0.2) is 48.8 Å². The lowest BCUT2D eigenvalue weighted by Crippen LogP contribution is -2.40. The number of piperidine rings is 1. The zero-order valence-corrected chi connectivity index (χ0v) is 13.3. The highest BCUT2D eigenvalue weighted by Gasteiger charge is 2.32. The number of hydrogen-bond acceptors (Lipinski definition) is 5. The van der Waals surface area contributed by atoms with Gasteiger partial charge in [0.25, 0.3) is 0 Å². The van der Waals surface area contributed by atoms with Crippen LogP contribution in [0.3, 0.4) is 0 Å². The molecule has 7 nitrogen and oxygen atoms in total. The minimum atomic E-state index is -3.62. The summed E-state index contributed by atoms with van der Waals surface area (Å²) < 4.78 is 26.5. The zero-order valence-electron chi connectivity index (χ0n) is 12.5. The summed E-state index contributed by atoms with van der Waals surface area (Å²) >= 11 is 0. The third kappa shape index (κ3) is 3.01. The van der Waals surface area contributed by atoms with Crippen LogP contribution in [0, 0.1) is 0 Å². The number of aliphatic hydroxyl groups is 1. The fraction of sp³-hybridized carbons (Fsp3) is 0.467. The predicted octanol–water partition coefficient (Wildman–Crippen LogP) is 0.485. The lowest BCUT2D eigenvalue weighted by atomic mass is 10.1. The molecule has 0 radical (unpaired) electrons. The van der Waals surface area contributed by atoms with E-state index in [0.717, 1.165) is 4.90 Å². The SMILES string of the molecule is O=C1CCC(=O)N1c1ccc(S(=O)(=O)N2CCC(O)CC2)cc1. The third-order valence-corrected chi connectivity index (χ3v) is 6.12. The first-order chi connectivity index (χ1) is 10.9. The molecular formula is C15H18N2O5S. The molecule has 0 saturated carbocycles. The summed E-state index contributed by atoms with van der Waals surface area (Å²) in [4.78, 5) is 24.6. The second-order valence-corrected chi connectivity index (χ2v) is 7.69. The molecule has 2 heterocycles. The fourth-order valence-corrected chi connectivity index (χ4v) is 4.33. The predicted molar refractivity (Wildman–Crippen MR) is 82.2 cm³/mol. The smallest absolute Gasteiger partial charge is 0.243 e. The van der Waals surface area contributed by atoms with E-state index in [2.05, 4.69) is 0 Å². The molecule has 0 unspecified atom stereocenters. The third-order valence-electron chi connectivity index (χ3n) is 4.21. The minimum Gasteiger partial charge on any atom is -0.393 e. The van der Waals surface area contributed by atoms with Gasteiger partial charge in [0.15, 0.2) is 0 Å². The van der Waals surface area contributed by atoms with Gasteiger partial charge in [-0.15, -0.1) is 0 Å². The van der Waals surface area contributed by atoms with Crippen molar-refractivity contribution in [1.82, 2.24) is 4.31 Å². The molecule has 23 heavy (non-hydrogen) atoms. The van der Waals surface area contributed by atoms with Crippen LogP contribution in [0.2, 0.25) is 0 Å². The average molecular weight is 338 g/mol. The van der Waals surface area contributed by atoms with Gasteiger partial charge in [-0.1, -0.05) is 0 Å². The molecule has 2 fully saturated rings. The van der Waals surface area contributed by atoms with Crippen LogP contribution in [0.5, 0.6) is 0 Å². The van der Waals surface area contributed by atoms with Gasteiger partial charge in [0.05, 0.1) is 16.7 Å². The second-order valence-electron chi connectivity index (χ2n) is 5.75. The summed E-state index contributed by atoms with van der Waals surface area (Å²) in [5.74, 6) is -0.536. The van der Waals surface area contributed by atoms with Crippen molar-refractivity contribution in [1.29, 1.82) is 0 Å². The molecule has 2 amide bonds. The Morgan fingerprint density at radius 2 is 1.48 bits per heavy atom. The van der Waals surface area contributed by atoms with Crippen LogP contribution in [0.4, 0.5) is 5.69 Å². The van der Waals surface area contributed by atoms with E-state index in [1.54, 1.807) is 0 Å². The quantitative estimate of drug-likeness (QED) is 0.809. The first-order valence-electron chi connectivity index (χ1n) is 7.53. The second kappa shape index (κ2) is 6.03. The average Bonchev–Trinajstić information content (AvgIpc) is 2.87. The molecule has 2 saturated heterocycles. The van der Waals surface area contributed by atoms with Crippen LogP contribution in [-0.2, 0) is 19.6 Å². The summed E-state index contributed by atoms with van der Waals surface area (Å²) in [6, 6.07) is 5.78. The van der Waals surface area contributed by atoms with Crippen molar-refractivity contribution in [3.63, 3.8) is 0 Å². The molecule has 8 heteroatoms. The van der Waals surface area contributed by atoms with E-state index in [9.17, 15) is 23.1 Å². The van der Waals surface area contributed by atoms with E-state index in [0.29, 0.717) is 18.5 Å². The number of rotatable bonds is 3. The van der Waals surface area contributed by atoms with E-state index in [1.165, 1.54) is 28.6 Å². The van der Waals surface area contributed by atoms with Crippen molar-refractivity contribution in [3.05, 3.63) is 24.3 Å². The lowest BCUT2D eigenvalue weighted by Gasteiger charge is -2.28. The molecule has 0 spiro atoms. The Balaban J connectivity index is 1.81. The Bertz CT molecular complexity index is 705. The Morgan fingerprint density at radius 1 is 0.957 bits per heavy atom. The van der Waals surface area contributed by atoms with Crippen LogP contribution >= 0.6 is 0 Å². The highest BCUT2D eigenvalue weighted by Crippen LogP contribution is 2.26. The molecule has 124 valence electrons. The van der Waals surface area contributed by atoms with Crippen LogP contribution in [0.15, 0.2) is 29.2 Å². The topological polar surface area (TPSA) is 95.0 Å². The number of nitrogens with zero attached hydrogens (tertiary/aromatic N) is 2. The van der Waals surface area contributed by atoms with Crippen molar-refractivity contribution in [2.24, 2.45) is 0 Å². The van der Waals surface area contributed by atoms with Crippen molar-refractivity contribution in [2.45, 2.75) is 36.7 Å². The van der Waals surface area contributed by atoms with Gasteiger partial charge < -0.3 is 5.11 Å². The maximum atomic E-state index is 12.6. The van der Waals surface area contributed by atoms with E-state index >= 15 is 0 Å². The Hall–Kier alpha value is -1.77. The van der Waals surface area contributed by atoms with E-state index in [1.807, 2.05) is 0 Å². The minimum absolute atomic E-state index is 0.122. The number of aliphatic hydroxyl groups excluding tert-OH is 1. The highest BCUT2D eigenvalue weighted by molar-refractivity contribution is 7.89. The summed E-state index contributed by atoms with van der Waals surface area (Å²) in [5.41, 5.74) is 0.394. The van der Waals surface area contributed by atoms with Gasteiger partial charge in [0.1, 0.15) is 0 Å². The molecule has 0 aliphatic carbocycles. The van der Waals surface area contributed by atoms with Crippen molar-refractivity contribution in [3.8, 4) is 0 Å². The highest BCUT2D eigenvalue weighted by atomic mass is 32.2. The largest absolute Gasteiger partial charge is 0.393 e. The van der Waals surface area contributed by atoms with Gasteiger partial charge in [-0.3, -0.25) is 14.5 Å². The summed E-state index contributed by atoms with van der Waals surface area (Å²) in [5, 5.41) is 9.48. The number of amides is 2. The van der Waals surface area contributed by atoms with E-state index in [-0.39, 0.29) is 42.6 Å². The maximum absolute atomic E-state index is 12.6. The first-order valence-corrected chi connectivity index (χ1v) is 8.97. The molecule has 0 atom stereocenters. The van der Waals surface area contributed by atoms with Gasteiger partial charge >= 0.3 is 0 Å². The molecule has 1 N–H and O–H groups in total. The Morgan fingerprint density at radius 3 is 2.00 bits per heavy atom. The number of anilines is 1. The fourth-order valence-electron chi connectivity index (χ4n) is 2.86. The van der Waals surface area contributed by atoms with Crippen molar-refractivity contribution >= 4 is 27.5 Å². The van der Waals surface area contributed by atoms with Gasteiger partial charge in [0, 0.05) is 25.9 Å². The van der Waals surface area contributed by atoms with Crippen molar-refractivity contribution in [2.75, 3.05) is 18.0 Å². The number of carbonyl (C=O) groups is 2. The molecule has 3 rings (SSSR count). The van der Waals surface area contributed by atoms with E-state index < -0.39 is 16.1 Å². The molecule has 2 aliphatic rings. The summed E-state index contributed by atoms with van der Waals surface area (Å²) in [6.45, 7) is 0.572. The maximum Gasteiger partial charge on any atom is 0.243 e. The van der Waals surface area contributed by atoms with Gasteiger partial charge in [-0.25, -0.2) is 8.42 Å². The number of sulfonamides is 1. The van der Waals surface area contributed by atoms with E-state index in [4.69, 9.17) is 0 Å². The van der Waals surface area contributed by atoms with Crippen LogP contribution in [0.25, 0.3) is 0 Å². The number of hydrogen-bond donors (Lipinski definition) is 1. The zero-order chi connectivity index (χ0) is 16.6. The molecule has 0 aromatic heterocycles. The van der Waals surface area contributed by atoms with Crippen molar-refractivity contribution < 1.29 is 23.1 Å². The summed E-state index contributed by atoms with van der Waals surface area (Å²) in [7, 11) is -3.62. The first kappa shape index (κ1) is 16.1. The number of carbonyl (C=O) groups excluding carboxylic acids is 2. The standard InChI is InChI=1S/C15H18N2O5S/c18-12-7-9-16(10-8-12)23(21,22)13-3-1-11(2-4-13)17-14(19)5-6-15(17)20/h1-4,12,18H,5-10H2. The monoisotopic (exact) mass is 338 g/mol. The Kier molecular flexibility index (Phi) is 4.22. The van der Waals surface area contributed by atoms with Gasteiger partial charge in [-0.2, -0.15) is 4.31 Å². The normalized spacial score (nSPS) is 21.2. The lowest BCUT2D eigenvalue weighted by molar-refractivity contribution is -0.121. The molecule has 0 bridgehead atoms. The number of benzene rings is 1. The Labute approximate surface area is 134 Å².